The van der Waals surface area contributed by atoms with Crippen molar-refractivity contribution in [2.24, 2.45) is 0 Å². The molecule has 0 unspecified atom stereocenters. The van der Waals surface area contributed by atoms with Gasteiger partial charge in [-0.2, -0.15) is 0 Å². The van der Waals surface area contributed by atoms with Gasteiger partial charge in [0.15, 0.2) is 6.61 Å². The molecule has 0 spiro atoms. The number of nitrogens with one attached hydrogen (secondary N) is 1. The predicted octanol–water partition coefficient (Wildman–Crippen LogP) is 3.00. The van der Waals surface area contributed by atoms with Crippen molar-refractivity contribution in [1.29, 1.82) is 0 Å². The van der Waals surface area contributed by atoms with Crippen LogP contribution in [0.25, 0.3) is 0 Å². The molecule has 2 aromatic rings. The lowest BCUT2D eigenvalue weighted by atomic mass is 10.3. The topological polar surface area (TPSA) is 58.6 Å². The summed E-state index contributed by atoms with van der Waals surface area (Å²) in [7, 11) is 0. The first kappa shape index (κ1) is 18.0. The van der Waals surface area contributed by atoms with Gasteiger partial charge in [-0.15, -0.1) is 0 Å². The first-order valence-corrected chi connectivity index (χ1v) is 8.34. The summed E-state index contributed by atoms with van der Waals surface area (Å²) in [6.45, 7) is 2.19. The van der Waals surface area contributed by atoms with E-state index in [1.165, 1.54) is 6.92 Å². The van der Waals surface area contributed by atoms with E-state index in [1.54, 1.807) is 17.0 Å². The second-order valence-corrected chi connectivity index (χ2v) is 6.02. The van der Waals surface area contributed by atoms with Crippen LogP contribution in [0.3, 0.4) is 0 Å². The molecule has 0 fully saturated rings. The van der Waals surface area contributed by atoms with E-state index in [4.69, 9.17) is 4.74 Å². The van der Waals surface area contributed by atoms with E-state index in [0.717, 1.165) is 10.2 Å². The van der Waals surface area contributed by atoms with Gasteiger partial charge in [-0.05, 0) is 30.3 Å². The standard InChI is InChI=1S/C18H19BrN2O3/c1-14(22)21(16-7-5-6-15(19)12-16)11-10-20-18(23)13-24-17-8-3-2-4-9-17/h2-9,12H,10-11,13H2,1H3,(H,20,23). The molecule has 5 nitrogen and oxygen atoms in total. The summed E-state index contributed by atoms with van der Waals surface area (Å²) in [5.74, 6) is 0.339. The number of hydrogen-bond acceptors (Lipinski definition) is 3. The molecule has 2 amide bonds. The number of rotatable bonds is 7. The molecule has 0 radical (unpaired) electrons. The van der Waals surface area contributed by atoms with Crippen molar-refractivity contribution in [3.05, 3.63) is 59.1 Å². The third kappa shape index (κ3) is 5.70. The highest BCUT2D eigenvalue weighted by atomic mass is 79.9. The molecule has 1 N–H and O–H groups in total. The van der Waals surface area contributed by atoms with Crippen molar-refractivity contribution in [3.63, 3.8) is 0 Å². The second-order valence-electron chi connectivity index (χ2n) is 5.10. The lowest BCUT2D eigenvalue weighted by Crippen LogP contribution is -2.39. The Morgan fingerprint density at radius 3 is 2.54 bits per heavy atom. The molecule has 6 heteroatoms. The summed E-state index contributed by atoms with van der Waals surface area (Å²) in [6.07, 6.45) is 0. The van der Waals surface area contributed by atoms with Crippen molar-refractivity contribution in [1.82, 2.24) is 5.32 Å². The van der Waals surface area contributed by atoms with Crippen molar-refractivity contribution < 1.29 is 14.3 Å². The lowest BCUT2D eigenvalue weighted by molar-refractivity contribution is -0.123. The molecule has 0 aliphatic rings. The first-order valence-electron chi connectivity index (χ1n) is 7.54. The molecule has 0 bridgehead atoms. The normalized spacial score (nSPS) is 10.1. The number of nitrogens with zero attached hydrogens (tertiary/aromatic N) is 1. The van der Waals surface area contributed by atoms with Crippen LogP contribution in [0, 0.1) is 0 Å². The zero-order valence-electron chi connectivity index (χ0n) is 13.4. The van der Waals surface area contributed by atoms with Crippen molar-refractivity contribution >= 4 is 33.4 Å². The highest BCUT2D eigenvalue weighted by Gasteiger charge is 2.12. The number of carbonyl (C=O) groups is 2. The Bertz CT molecular complexity index is 692. The minimum Gasteiger partial charge on any atom is -0.484 e. The van der Waals surface area contributed by atoms with Crippen LogP contribution in [0.2, 0.25) is 0 Å². The van der Waals surface area contributed by atoms with Gasteiger partial charge in [0, 0.05) is 30.2 Å². The molecule has 126 valence electrons. The van der Waals surface area contributed by atoms with Gasteiger partial charge in [0.05, 0.1) is 0 Å². The summed E-state index contributed by atoms with van der Waals surface area (Å²) in [6, 6.07) is 16.6. The van der Waals surface area contributed by atoms with E-state index in [0.29, 0.717) is 18.8 Å². The molecule has 0 aliphatic carbocycles. The number of para-hydroxylation sites is 1. The lowest BCUT2D eigenvalue weighted by Gasteiger charge is -2.21. The van der Waals surface area contributed by atoms with E-state index in [-0.39, 0.29) is 18.4 Å². The number of hydrogen-bond donors (Lipinski definition) is 1. The van der Waals surface area contributed by atoms with Crippen LogP contribution >= 0.6 is 15.9 Å². The second kappa shape index (κ2) is 9.08. The van der Waals surface area contributed by atoms with Gasteiger partial charge in [0.25, 0.3) is 5.91 Å². The quantitative estimate of drug-likeness (QED) is 0.790. The molecule has 2 aromatic carbocycles. The Morgan fingerprint density at radius 1 is 1.12 bits per heavy atom. The van der Waals surface area contributed by atoms with Crippen molar-refractivity contribution in [2.75, 3.05) is 24.6 Å². The predicted molar refractivity (Wildman–Crippen MR) is 97.1 cm³/mol. The van der Waals surface area contributed by atoms with Crippen LogP contribution in [-0.2, 0) is 9.59 Å². The van der Waals surface area contributed by atoms with Crippen molar-refractivity contribution in [3.8, 4) is 5.75 Å². The fourth-order valence-corrected chi connectivity index (χ4v) is 2.52. The highest BCUT2D eigenvalue weighted by molar-refractivity contribution is 9.10. The van der Waals surface area contributed by atoms with Crippen LogP contribution in [0.1, 0.15) is 6.92 Å². The third-order valence-corrected chi connectivity index (χ3v) is 3.76. The molecular formula is C18H19BrN2O3. The van der Waals surface area contributed by atoms with E-state index < -0.39 is 0 Å². The van der Waals surface area contributed by atoms with E-state index >= 15 is 0 Å². The molecule has 0 aliphatic heterocycles. The first-order chi connectivity index (χ1) is 11.6. The van der Waals surface area contributed by atoms with E-state index in [1.807, 2.05) is 42.5 Å². The zero-order valence-corrected chi connectivity index (χ0v) is 15.0. The van der Waals surface area contributed by atoms with E-state index in [9.17, 15) is 9.59 Å². The fourth-order valence-electron chi connectivity index (χ4n) is 2.14. The van der Waals surface area contributed by atoms with Crippen molar-refractivity contribution in [2.45, 2.75) is 6.92 Å². The third-order valence-electron chi connectivity index (χ3n) is 3.27. The molecule has 0 atom stereocenters. The SMILES string of the molecule is CC(=O)N(CCNC(=O)COc1ccccc1)c1cccc(Br)c1. The maximum atomic E-state index is 11.8. The maximum Gasteiger partial charge on any atom is 0.258 e. The molecule has 2 rings (SSSR count). The summed E-state index contributed by atoms with van der Waals surface area (Å²) >= 11 is 3.39. The fraction of sp³-hybridized carbons (Fsp3) is 0.222. The average molecular weight is 391 g/mol. The van der Waals surface area contributed by atoms with E-state index in [2.05, 4.69) is 21.2 Å². The molecule has 0 heterocycles. The number of carbonyl (C=O) groups excluding carboxylic acids is 2. The van der Waals surface area contributed by atoms with Gasteiger partial charge in [-0.1, -0.05) is 40.2 Å². The zero-order chi connectivity index (χ0) is 17.4. The Morgan fingerprint density at radius 2 is 1.88 bits per heavy atom. The maximum absolute atomic E-state index is 11.8. The number of anilines is 1. The highest BCUT2D eigenvalue weighted by Crippen LogP contribution is 2.19. The molecular weight excluding hydrogens is 372 g/mol. The Balaban J connectivity index is 1.80. The summed E-state index contributed by atoms with van der Waals surface area (Å²) in [5.41, 5.74) is 0.784. The van der Waals surface area contributed by atoms with Gasteiger partial charge in [-0.25, -0.2) is 0 Å². The minimum atomic E-state index is -0.225. The Labute approximate surface area is 149 Å². The van der Waals surface area contributed by atoms with Gasteiger partial charge in [-0.3, -0.25) is 9.59 Å². The summed E-state index contributed by atoms with van der Waals surface area (Å²) in [5, 5.41) is 2.75. The van der Waals surface area contributed by atoms with Crippen LogP contribution < -0.4 is 15.0 Å². The van der Waals surface area contributed by atoms with Gasteiger partial charge in [0.1, 0.15) is 5.75 Å². The summed E-state index contributed by atoms with van der Waals surface area (Å²) < 4.78 is 6.27. The number of ether oxygens (including phenoxy) is 1. The number of benzene rings is 2. The van der Waals surface area contributed by atoms with Crippen LogP contribution in [0.15, 0.2) is 59.1 Å². The largest absolute Gasteiger partial charge is 0.484 e. The molecule has 0 saturated carbocycles. The minimum absolute atomic E-state index is 0.0546. The Kier molecular flexibility index (Phi) is 6.81. The monoisotopic (exact) mass is 390 g/mol. The Hall–Kier alpha value is -2.34. The molecule has 24 heavy (non-hydrogen) atoms. The number of amides is 2. The smallest absolute Gasteiger partial charge is 0.258 e. The molecule has 0 saturated heterocycles. The van der Waals surface area contributed by atoms with Crippen LogP contribution in [0.5, 0.6) is 5.75 Å². The average Bonchev–Trinajstić information content (AvgIpc) is 2.57. The van der Waals surface area contributed by atoms with Gasteiger partial charge < -0.3 is 15.0 Å². The summed E-state index contributed by atoms with van der Waals surface area (Å²) in [4.78, 5) is 25.2. The molecule has 0 aromatic heterocycles. The van der Waals surface area contributed by atoms with Crippen LogP contribution in [0.4, 0.5) is 5.69 Å². The van der Waals surface area contributed by atoms with Crippen LogP contribution in [-0.4, -0.2) is 31.5 Å². The van der Waals surface area contributed by atoms with Gasteiger partial charge in [0.2, 0.25) is 5.91 Å². The number of halogens is 1. The van der Waals surface area contributed by atoms with Gasteiger partial charge >= 0.3 is 0 Å².